The molecule has 1 nitrogen and oxygen atoms in total. The molecule has 0 saturated heterocycles. The summed E-state index contributed by atoms with van der Waals surface area (Å²) in [5, 5.41) is 0. The first kappa shape index (κ1) is 18.0. The summed E-state index contributed by atoms with van der Waals surface area (Å²) in [5.74, 6) is 1.02. The molecular weight excluding hydrogens is 218 g/mol. The van der Waals surface area contributed by atoms with Crippen LogP contribution in [0.25, 0.3) is 0 Å². The number of hydrogen-bond acceptors (Lipinski definition) is 1. The van der Waals surface area contributed by atoms with Crippen LogP contribution < -0.4 is 0 Å². The summed E-state index contributed by atoms with van der Waals surface area (Å²) in [4.78, 5) is 2.31. The van der Waals surface area contributed by atoms with Crippen molar-refractivity contribution in [3.63, 3.8) is 0 Å². The zero-order valence-electron chi connectivity index (χ0n) is 13.5. The van der Waals surface area contributed by atoms with E-state index in [1.54, 1.807) is 0 Å². The van der Waals surface area contributed by atoms with E-state index in [1.807, 2.05) is 0 Å². The molecule has 110 valence electrons. The molecular formula is C17H37N. The van der Waals surface area contributed by atoms with Crippen molar-refractivity contribution in [2.24, 2.45) is 5.92 Å². The number of hydrogen-bond donors (Lipinski definition) is 0. The second-order valence-electron chi connectivity index (χ2n) is 6.16. The third-order valence-electron chi connectivity index (χ3n) is 3.90. The Kier molecular flexibility index (Phi) is 13.4. The van der Waals surface area contributed by atoms with Gasteiger partial charge in [-0.3, -0.25) is 0 Å². The van der Waals surface area contributed by atoms with Crippen molar-refractivity contribution in [1.82, 2.24) is 4.90 Å². The maximum atomic E-state index is 2.31. The molecule has 0 spiro atoms. The van der Waals surface area contributed by atoms with Gasteiger partial charge in [-0.2, -0.15) is 0 Å². The highest BCUT2D eigenvalue weighted by molar-refractivity contribution is 4.61. The van der Waals surface area contributed by atoms with Gasteiger partial charge in [0.2, 0.25) is 0 Å². The summed E-state index contributed by atoms with van der Waals surface area (Å²) in [6.07, 6.45) is 15.8. The lowest BCUT2D eigenvalue weighted by Crippen LogP contribution is -2.13. The molecule has 1 heteroatoms. The van der Waals surface area contributed by atoms with Gasteiger partial charge < -0.3 is 4.90 Å². The van der Waals surface area contributed by atoms with Gasteiger partial charge in [0.25, 0.3) is 0 Å². The van der Waals surface area contributed by atoms with Crippen LogP contribution in [0.4, 0.5) is 0 Å². The molecule has 0 N–H and O–H groups in total. The highest BCUT2D eigenvalue weighted by Gasteiger charge is 2.08. The summed E-state index contributed by atoms with van der Waals surface area (Å²) < 4.78 is 0. The van der Waals surface area contributed by atoms with Gasteiger partial charge in [0, 0.05) is 0 Å². The van der Waals surface area contributed by atoms with Crippen molar-refractivity contribution < 1.29 is 0 Å². The van der Waals surface area contributed by atoms with Gasteiger partial charge in [-0.1, -0.05) is 78.1 Å². The van der Waals surface area contributed by atoms with Crippen LogP contribution in [-0.4, -0.2) is 25.5 Å². The standard InChI is InChI=1S/C17H37N/c1-5-7-9-13-17(14-10-8-6-2)15-11-12-16-18(3)4/h17H,5-16H2,1-4H3. The van der Waals surface area contributed by atoms with E-state index in [-0.39, 0.29) is 0 Å². The number of nitrogens with zero attached hydrogens (tertiary/aromatic N) is 1. The van der Waals surface area contributed by atoms with E-state index < -0.39 is 0 Å². The van der Waals surface area contributed by atoms with Crippen LogP contribution in [0, 0.1) is 5.92 Å². The number of rotatable bonds is 13. The van der Waals surface area contributed by atoms with Crippen LogP contribution >= 0.6 is 0 Å². The molecule has 0 heterocycles. The van der Waals surface area contributed by atoms with Crippen LogP contribution in [0.2, 0.25) is 0 Å². The normalized spacial score (nSPS) is 11.7. The Balaban J connectivity index is 3.66. The average Bonchev–Trinajstić information content (AvgIpc) is 2.34. The van der Waals surface area contributed by atoms with E-state index >= 15 is 0 Å². The minimum atomic E-state index is 1.02. The third kappa shape index (κ3) is 12.4. The fraction of sp³-hybridized carbons (Fsp3) is 1.00. The van der Waals surface area contributed by atoms with Gasteiger partial charge in [0.1, 0.15) is 0 Å². The second kappa shape index (κ2) is 13.4. The molecule has 0 bridgehead atoms. The molecule has 0 aliphatic rings. The predicted octanol–water partition coefficient (Wildman–Crippen LogP) is 5.50. The zero-order valence-corrected chi connectivity index (χ0v) is 13.5. The van der Waals surface area contributed by atoms with E-state index in [0.717, 1.165) is 5.92 Å². The highest BCUT2D eigenvalue weighted by Crippen LogP contribution is 2.23. The third-order valence-corrected chi connectivity index (χ3v) is 3.90. The number of unbranched alkanes of at least 4 members (excludes halogenated alkanes) is 5. The molecule has 0 aromatic carbocycles. The van der Waals surface area contributed by atoms with Gasteiger partial charge in [-0.25, -0.2) is 0 Å². The first-order valence-electron chi connectivity index (χ1n) is 8.35. The maximum absolute atomic E-state index is 2.31. The largest absolute Gasteiger partial charge is 0.309 e. The molecule has 0 aromatic heterocycles. The molecule has 0 aromatic rings. The topological polar surface area (TPSA) is 3.24 Å². The Hall–Kier alpha value is -0.0400. The summed E-state index contributed by atoms with van der Waals surface area (Å²) in [6.45, 7) is 5.88. The van der Waals surface area contributed by atoms with Gasteiger partial charge in [-0.05, 0) is 33.0 Å². The van der Waals surface area contributed by atoms with Crippen LogP contribution in [0.3, 0.4) is 0 Å². The highest BCUT2D eigenvalue weighted by atomic mass is 15.0. The van der Waals surface area contributed by atoms with Crippen molar-refractivity contribution >= 4 is 0 Å². The Labute approximate surface area is 116 Å². The quantitative estimate of drug-likeness (QED) is 0.393. The van der Waals surface area contributed by atoms with Gasteiger partial charge in [0.05, 0.1) is 0 Å². The summed E-state index contributed by atoms with van der Waals surface area (Å²) in [5.41, 5.74) is 0. The monoisotopic (exact) mass is 255 g/mol. The zero-order chi connectivity index (χ0) is 13.6. The Morgan fingerprint density at radius 2 is 1.11 bits per heavy atom. The van der Waals surface area contributed by atoms with Gasteiger partial charge in [-0.15, -0.1) is 0 Å². The lowest BCUT2D eigenvalue weighted by Gasteiger charge is -2.17. The molecule has 0 unspecified atom stereocenters. The molecule has 0 aliphatic heterocycles. The predicted molar refractivity (Wildman–Crippen MR) is 84.2 cm³/mol. The van der Waals surface area contributed by atoms with Crippen molar-refractivity contribution in [3.05, 3.63) is 0 Å². The Morgan fingerprint density at radius 1 is 0.667 bits per heavy atom. The van der Waals surface area contributed by atoms with Crippen LogP contribution in [0.1, 0.15) is 84.5 Å². The smallest absolute Gasteiger partial charge is 0.00248 e. The van der Waals surface area contributed by atoms with E-state index in [4.69, 9.17) is 0 Å². The van der Waals surface area contributed by atoms with E-state index in [0.29, 0.717) is 0 Å². The van der Waals surface area contributed by atoms with Crippen molar-refractivity contribution in [3.8, 4) is 0 Å². The van der Waals surface area contributed by atoms with E-state index in [2.05, 4.69) is 32.8 Å². The maximum Gasteiger partial charge on any atom is -0.00248 e. The Bertz CT molecular complexity index is 144. The molecule has 0 fully saturated rings. The minimum absolute atomic E-state index is 1.02. The molecule has 0 aliphatic carbocycles. The van der Waals surface area contributed by atoms with Crippen molar-refractivity contribution in [1.29, 1.82) is 0 Å². The molecule has 0 rings (SSSR count). The summed E-state index contributed by atoms with van der Waals surface area (Å²) in [7, 11) is 4.36. The summed E-state index contributed by atoms with van der Waals surface area (Å²) in [6, 6.07) is 0. The fourth-order valence-corrected chi connectivity index (χ4v) is 2.66. The van der Waals surface area contributed by atoms with Crippen LogP contribution in [-0.2, 0) is 0 Å². The van der Waals surface area contributed by atoms with Gasteiger partial charge >= 0.3 is 0 Å². The lowest BCUT2D eigenvalue weighted by molar-refractivity contribution is 0.346. The first-order valence-corrected chi connectivity index (χ1v) is 8.35. The second-order valence-corrected chi connectivity index (χ2v) is 6.16. The van der Waals surface area contributed by atoms with E-state index in [1.165, 1.54) is 77.2 Å². The van der Waals surface area contributed by atoms with Crippen molar-refractivity contribution in [2.75, 3.05) is 20.6 Å². The molecule has 0 atom stereocenters. The van der Waals surface area contributed by atoms with Crippen LogP contribution in [0.15, 0.2) is 0 Å². The molecule has 0 saturated carbocycles. The van der Waals surface area contributed by atoms with Gasteiger partial charge in [0.15, 0.2) is 0 Å². The SMILES string of the molecule is CCCCCC(CCCCC)CCCCN(C)C. The van der Waals surface area contributed by atoms with E-state index in [9.17, 15) is 0 Å². The van der Waals surface area contributed by atoms with Crippen LogP contribution in [0.5, 0.6) is 0 Å². The minimum Gasteiger partial charge on any atom is -0.309 e. The Morgan fingerprint density at radius 3 is 1.50 bits per heavy atom. The molecule has 0 amide bonds. The molecule has 18 heavy (non-hydrogen) atoms. The first-order chi connectivity index (χ1) is 8.70. The lowest BCUT2D eigenvalue weighted by atomic mass is 9.90. The van der Waals surface area contributed by atoms with Crippen molar-refractivity contribution in [2.45, 2.75) is 84.5 Å². The fourth-order valence-electron chi connectivity index (χ4n) is 2.66. The summed E-state index contributed by atoms with van der Waals surface area (Å²) >= 11 is 0. The molecule has 0 radical (unpaired) electrons. The average molecular weight is 255 g/mol.